The molecule has 13 nitrogen and oxygen atoms in total. The number of carbonyl (C=O) groups is 4. The fourth-order valence-corrected chi connectivity index (χ4v) is 7.92. The third-order valence-corrected chi connectivity index (χ3v) is 10.9. The summed E-state index contributed by atoms with van der Waals surface area (Å²) in [6.07, 6.45) is 8.49. The minimum Gasteiger partial charge on any atom is -0.446 e. The second-order valence-corrected chi connectivity index (χ2v) is 16.2. The Morgan fingerprint density at radius 3 is 2.48 bits per heavy atom. The smallest absolute Gasteiger partial charge is 0.407 e. The normalized spacial score (nSPS) is 26.0. The number of nitrogens with two attached hydrogens (primary N) is 1. The van der Waals surface area contributed by atoms with Crippen molar-refractivity contribution in [2.24, 2.45) is 11.1 Å². The zero-order valence-electron chi connectivity index (χ0n) is 29.9. The van der Waals surface area contributed by atoms with Crippen LogP contribution in [-0.4, -0.2) is 97.3 Å². The highest BCUT2D eigenvalue weighted by Gasteiger charge is 2.42. The lowest BCUT2D eigenvalue weighted by molar-refractivity contribution is -0.131. The second-order valence-electron chi connectivity index (χ2n) is 14.9. The highest BCUT2D eigenvalue weighted by Crippen LogP contribution is 2.35. The van der Waals surface area contributed by atoms with E-state index in [1.165, 1.54) is 0 Å². The average Bonchev–Trinajstić information content (AvgIpc) is 3.55. The molecule has 7 N–H and O–H groups in total. The lowest BCUT2D eigenvalue weighted by Crippen LogP contribution is -2.42. The van der Waals surface area contributed by atoms with E-state index in [0.29, 0.717) is 70.2 Å². The topological polar surface area (TPSA) is 182 Å². The van der Waals surface area contributed by atoms with Crippen LogP contribution < -0.4 is 32.3 Å². The Balaban J connectivity index is 1.23. The first-order chi connectivity index (χ1) is 22.7. The number of thioether (sulfide) groups is 1. The molecule has 14 heteroatoms. The molecule has 2 saturated heterocycles. The van der Waals surface area contributed by atoms with Crippen LogP contribution in [0.15, 0.2) is 0 Å². The minimum atomic E-state index is -0.683. The molecule has 3 rings (SSSR count). The Hall–Kier alpha value is -2.29. The van der Waals surface area contributed by atoms with E-state index in [4.69, 9.17) is 19.9 Å². The third-order valence-electron chi connectivity index (χ3n) is 9.43. The average molecular weight is 699 g/mol. The van der Waals surface area contributed by atoms with Gasteiger partial charge >= 0.3 is 12.1 Å². The molecule has 276 valence electrons. The Morgan fingerprint density at radius 2 is 1.71 bits per heavy atom. The predicted molar refractivity (Wildman–Crippen MR) is 188 cm³/mol. The van der Waals surface area contributed by atoms with Crippen LogP contribution in [0.2, 0.25) is 0 Å². The number of rotatable bonds is 19. The van der Waals surface area contributed by atoms with Gasteiger partial charge in [0.25, 0.3) is 0 Å². The van der Waals surface area contributed by atoms with E-state index in [0.717, 1.165) is 50.7 Å². The SMILES string of the molecule is CC(C)(N)OCCC(C)(C)OCCNC(=O)OC1CCCCC(C)(C(=O)NCCCNC(=O)CCCCC2SCC3NC(=O)NC32)CC1. The molecule has 0 radical (unpaired) electrons. The van der Waals surface area contributed by atoms with Crippen LogP contribution in [0.5, 0.6) is 0 Å². The number of amides is 5. The van der Waals surface area contributed by atoms with Crippen LogP contribution in [0, 0.1) is 5.41 Å². The third kappa shape index (κ3) is 14.7. The maximum absolute atomic E-state index is 13.2. The van der Waals surface area contributed by atoms with Crippen molar-refractivity contribution < 1.29 is 33.4 Å². The van der Waals surface area contributed by atoms with Gasteiger partial charge in [-0.3, -0.25) is 9.59 Å². The molecule has 5 amide bonds. The van der Waals surface area contributed by atoms with Gasteiger partial charge < -0.3 is 46.5 Å². The predicted octanol–water partition coefficient (Wildman–Crippen LogP) is 3.69. The van der Waals surface area contributed by atoms with Gasteiger partial charge in [0.2, 0.25) is 11.8 Å². The molecule has 2 heterocycles. The van der Waals surface area contributed by atoms with E-state index < -0.39 is 22.8 Å². The van der Waals surface area contributed by atoms with E-state index in [1.54, 1.807) is 13.8 Å². The molecule has 1 aliphatic carbocycles. The first-order valence-corrected chi connectivity index (χ1v) is 19.0. The van der Waals surface area contributed by atoms with Crippen LogP contribution >= 0.6 is 11.8 Å². The van der Waals surface area contributed by atoms with Crippen molar-refractivity contribution in [3.05, 3.63) is 0 Å². The van der Waals surface area contributed by atoms with E-state index in [1.807, 2.05) is 32.5 Å². The van der Waals surface area contributed by atoms with E-state index in [9.17, 15) is 19.2 Å². The summed E-state index contributed by atoms with van der Waals surface area (Å²) in [5.41, 5.74) is 4.23. The van der Waals surface area contributed by atoms with Crippen LogP contribution in [0.3, 0.4) is 0 Å². The molecule has 0 bridgehead atoms. The van der Waals surface area contributed by atoms with Gasteiger partial charge in [-0.25, -0.2) is 9.59 Å². The number of hydrogen-bond acceptors (Lipinski definition) is 9. The summed E-state index contributed by atoms with van der Waals surface area (Å²) < 4.78 is 17.2. The summed E-state index contributed by atoms with van der Waals surface area (Å²) in [7, 11) is 0. The second kappa shape index (κ2) is 19.2. The summed E-state index contributed by atoms with van der Waals surface area (Å²) in [5.74, 6) is 0.992. The molecule has 2 aliphatic heterocycles. The number of alkyl carbamates (subject to hydrolysis) is 1. The van der Waals surface area contributed by atoms with E-state index in [-0.39, 0.29) is 36.0 Å². The molecule has 48 heavy (non-hydrogen) atoms. The molecular weight excluding hydrogens is 636 g/mol. The molecule has 3 aliphatic rings. The van der Waals surface area contributed by atoms with Crippen molar-refractivity contribution in [1.82, 2.24) is 26.6 Å². The lowest BCUT2D eigenvalue weighted by atomic mass is 9.76. The largest absolute Gasteiger partial charge is 0.446 e. The molecule has 1 saturated carbocycles. The van der Waals surface area contributed by atoms with Crippen molar-refractivity contribution in [2.75, 3.05) is 38.6 Å². The van der Waals surface area contributed by atoms with Gasteiger partial charge in [0.1, 0.15) is 11.8 Å². The fourth-order valence-electron chi connectivity index (χ4n) is 6.38. The van der Waals surface area contributed by atoms with Gasteiger partial charge in [-0.15, -0.1) is 0 Å². The molecular formula is C34H62N6O7S. The number of nitrogens with one attached hydrogen (secondary N) is 5. The highest BCUT2D eigenvalue weighted by atomic mass is 32.2. The Labute approximate surface area is 291 Å². The summed E-state index contributed by atoms with van der Waals surface area (Å²) in [5, 5.41) is 15.2. The van der Waals surface area contributed by atoms with E-state index in [2.05, 4.69) is 26.6 Å². The summed E-state index contributed by atoms with van der Waals surface area (Å²) >= 11 is 1.89. The maximum atomic E-state index is 13.2. The Bertz CT molecular complexity index is 1060. The number of ether oxygens (including phenoxy) is 3. The highest BCUT2D eigenvalue weighted by molar-refractivity contribution is 8.00. The van der Waals surface area contributed by atoms with Gasteiger partial charge in [0, 0.05) is 42.5 Å². The van der Waals surface area contributed by atoms with Crippen LogP contribution in [0.1, 0.15) is 112 Å². The number of hydrogen-bond donors (Lipinski definition) is 6. The van der Waals surface area contributed by atoms with Crippen LogP contribution in [0.25, 0.3) is 0 Å². The first kappa shape index (κ1) is 40.1. The molecule has 0 aromatic rings. The van der Waals surface area contributed by atoms with Gasteiger partial charge in [-0.1, -0.05) is 19.8 Å². The zero-order chi connectivity index (χ0) is 35.2. The van der Waals surface area contributed by atoms with Gasteiger partial charge in [-0.2, -0.15) is 11.8 Å². The minimum absolute atomic E-state index is 0.0137. The van der Waals surface area contributed by atoms with Crippen LogP contribution in [0.4, 0.5) is 9.59 Å². The molecule has 0 aromatic heterocycles. The van der Waals surface area contributed by atoms with Crippen molar-refractivity contribution in [3.63, 3.8) is 0 Å². The molecule has 0 spiro atoms. The number of urea groups is 1. The molecule has 0 aromatic carbocycles. The van der Waals surface area contributed by atoms with Crippen molar-refractivity contribution >= 4 is 35.7 Å². The monoisotopic (exact) mass is 698 g/mol. The summed E-state index contributed by atoms with van der Waals surface area (Å²) in [6.45, 7) is 11.7. The standard InChI is InChI=1S/C34H62N6O7S/c1-32(2,17-21-46-33(3,4)35)45-22-20-38-31(44)47-24-11-8-9-15-34(5,16-14-24)29(42)37-19-10-18-36-27(41)13-7-6-12-26-28-25(23-48-26)39-30(43)40-28/h24-26,28H,6-23,35H2,1-5H3,(H,36,41)(H,37,42)(H,38,44)(H2,39,40,43). The summed E-state index contributed by atoms with van der Waals surface area (Å²) in [6, 6.07) is 0.361. The number of unbranched alkanes of at least 4 members (excludes halogenated alkanes) is 1. The van der Waals surface area contributed by atoms with E-state index >= 15 is 0 Å². The molecule has 5 unspecified atom stereocenters. The van der Waals surface area contributed by atoms with Gasteiger partial charge in [0.05, 0.1) is 30.9 Å². The van der Waals surface area contributed by atoms with Gasteiger partial charge in [-0.05, 0) is 85.5 Å². The van der Waals surface area contributed by atoms with Gasteiger partial charge in [0.15, 0.2) is 0 Å². The molecule has 5 atom stereocenters. The van der Waals surface area contributed by atoms with Crippen molar-refractivity contribution in [3.8, 4) is 0 Å². The zero-order valence-corrected chi connectivity index (χ0v) is 30.7. The quantitative estimate of drug-likeness (QED) is 0.0666. The summed E-state index contributed by atoms with van der Waals surface area (Å²) in [4.78, 5) is 49.5. The first-order valence-electron chi connectivity index (χ1n) is 17.9. The Kier molecular flexibility index (Phi) is 16.1. The number of fused-ring (bicyclic) bond motifs is 1. The fraction of sp³-hybridized carbons (Fsp3) is 0.882. The molecule has 3 fully saturated rings. The van der Waals surface area contributed by atoms with Crippen molar-refractivity contribution in [2.45, 2.75) is 146 Å². The Morgan fingerprint density at radius 1 is 0.938 bits per heavy atom. The number of carbonyl (C=O) groups excluding carboxylic acids is 4. The van der Waals surface area contributed by atoms with Crippen LogP contribution in [-0.2, 0) is 23.8 Å². The lowest BCUT2D eigenvalue weighted by Gasteiger charge is -2.32. The van der Waals surface area contributed by atoms with Crippen molar-refractivity contribution in [1.29, 1.82) is 0 Å². The maximum Gasteiger partial charge on any atom is 0.407 e.